The van der Waals surface area contributed by atoms with E-state index >= 15 is 0 Å². The normalized spacial score (nSPS) is 15.9. The predicted molar refractivity (Wildman–Crippen MR) is 106 cm³/mol. The molecular formula is C21H22N4O3. The Bertz CT molecular complexity index is 989. The molecule has 2 heterocycles. The van der Waals surface area contributed by atoms with Crippen molar-refractivity contribution in [2.75, 3.05) is 11.9 Å². The van der Waals surface area contributed by atoms with Gasteiger partial charge in [-0.2, -0.15) is 4.98 Å². The molecule has 1 amide bonds. The average Bonchev–Trinajstić information content (AvgIpc) is 3.15. The third-order valence-corrected chi connectivity index (χ3v) is 4.55. The number of carbonyl (C=O) groups excluding carboxylic acids is 1. The van der Waals surface area contributed by atoms with E-state index in [1.54, 1.807) is 12.1 Å². The van der Waals surface area contributed by atoms with Crippen LogP contribution in [0, 0.1) is 0 Å². The summed E-state index contributed by atoms with van der Waals surface area (Å²) in [7, 11) is 0. The smallest absolute Gasteiger partial charge is 0.271 e. The average molecular weight is 378 g/mol. The lowest BCUT2D eigenvalue weighted by molar-refractivity contribution is -0.125. The second-order valence-electron chi connectivity index (χ2n) is 7.69. The van der Waals surface area contributed by atoms with Crippen LogP contribution in [0.5, 0.6) is 11.5 Å². The molecule has 2 N–H and O–H groups in total. The number of anilines is 1. The maximum atomic E-state index is 12.5. The molecule has 1 aliphatic rings. The minimum absolute atomic E-state index is 0.0831. The Hall–Kier alpha value is -3.35. The summed E-state index contributed by atoms with van der Waals surface area (Å²) in [6, 6.07) is 15.4. The first-order valence-electron chi connectivity index (χ1n) is 9.13. The molecular weight excluding hydrogens is 356 g/mol. The number of aromatic amines is 1. The van der Waals surface area contributed by atoms with Gasteiger partial charge in [0.15, 0.2) is 17.3 Å². The number of aromatic nitrogens is 3. The number of rotatable bonds is 3. The molecule has 1 aliphatic heterocycles. The quantitative estimate of drug-likeness (QED) is 0.728. The molecule has 144 valence electrons. The number of hydrogen-bond acceptors (Lipinski definition) is 5. The van der Waals surface area contributed by atoms with Crippen LogP contribution in [-0.2, 0) is 10.2 Å². The van der Waals surface area contributed by atoms with Crippen molar-refractivity contribution in [3.63, 3.8) is 0 Å². The van der Waals surface area contributed by atoms with Gasteiger partial charge in [0.05, 0.1) is 0 Å². The zero-order chi connectivity index (χ0) is 19.7. The zero-order valence-electron chi connectivity index (χ0n) is 16.0. The monoisotopic (exact) mass is 378 g/mol. The fraction of sp³-hybridized carbons (Fsp3) is 0.286. The van der Waals surface area contributed by atoms with E-state index in [0.717, 1.165) is 5.56 Å². The number of nitrogens with zero attached hydrogens (tertiary/aromatic N) is 2. The Morgan fingerprint density at radius 2 is 1.82 bits per heavy atom. The van der Waals surface area contributed by atoms with Crippen LogP contribution >= 0.6 is 0 Å². The molecule has 0 saturated heterocycles. The van der Waals surface area contributed by atoms with Gasteiger partial charge in [0, 0.05) is 5.56 Å². The molecule has 2 aromatic carbocycles. The van der Waals surface area contributed by atoms with Gasteiger partial charge in [-0.1, -0.05) is 57.2 Å². The van der Waals surface area contributed by atoms with Crippen molar-refractivity contribution in [2.45, 2.75) is 32.3 Å². The predicted octanol–water partition coefficient (Wildman–Crippen LogP) is 3.55. The number of fused-ring (bicyclic) bond motifs is 1. The molecule has 4 rings (SSSR count). The van der Waals surface area contributed by atoms with Gasteiger partial charge < -0.3 is 9.47 Å². The number of nitrogens with one attached hydrogen (secondary N) is 2. The summed E-state index contributed by atoms with van der Waals surface area (Å²) >= 11 is 0. The van der Waals surface area contributed by atoms with Crippen LogP contribution in [0.15, 0.2) is 48.5 Å². The largest absolute Gasteiger partial charge is 0.485 e. The molecule has 7 heteroatoms. The molecule has 1 aromatic heterocycles. The van der Waals surface area contributed by atoms with Gasteiger partial charge in [-0.25, -0.2) is 0 Å². The third-order valence-electron chi connectivity index (χ3n) is 4.55. The Balaban J connectivity index is 1.43. The minimum atomic E-state index is -0.761. The first-order chi connectivity index (χ1) is 13.4. The molecule has 7 nitrogen and oxygen atoms in total. The topological polar surface area (TPSA) is 89.1 Å². The Kier molecular flexibility index (Phi) is 4.50. The van der Waals surface area contributed by atoms with Crippen LogP contribution in [0.25, 0.3) is 11.4 Å². The summed E-state index contributed by atoms with van der Waals surface area (Å²) in [5.41, 5.74) is 2.21. The van der Waals surface area contributed by atoms with E-state index in [9.17, 15) is 4.79 Å². The van der Waals surface area contributed by atoms with Crippen LogP contribution in [0.4, 0.5) is 5.95 Å². The second kappa shape index (κ2) is 6.99. The number of carbonyl (C=O) groups is 1. The summed E-state index contributed by atoms with van der Waals surface area (Å²) < 4.78 is 11.3. The van der Waals surface area contributed by atoms with E-state index < -0.39 is 6.10 Å². The summed E-state index contributed by atoms with van der Waals surface area (Å²) in [5.74, 6) is 1.60. The molecule has 1 unspecified atom stereocenters. The molecule has 0 saturated carbocycles. The molecule has 0 spiro atoms. The Morgan fingerprint density at radius 1 is 1.11 bits per heavy atom. The highest BCUT2D eigenvalue weighted by atomic mass is 16.6. The van der Waals surface area contributed by atoms with E-state index in [4.69, 9.17) is 9.47 Å². The van der Waals surface area contributed by atoms with Crippen LogP contribution in [-0.4, -0.2) is 33.8 Å². The van der Waals surface area contributed by atoms with Gasteiger partial charge in [0.2, 0.25) is 12.1 Å². The SMILES string of the molecule is CC(C)(C)c1ccc(-c2nc(NC(=O)C3COc4ccccc4O3)n[nH]2)cc1. The van der Waals surface area contributed by atoms with E-state index in [1.807, 2.05) is 24.3 Å². The number of H-pyrrole nitrogens is 1. The molecule has 0 fully saturated rings. The van der Waals surface area contributed by atoms with E-state index in [-0.39, 0.29) is 23.9 Å². The van der Waals surface area contributed by atoms with Gasteiger partial charge in [-0.3, -0.25) is 15.2 Å². The van der Waals surface area contributed by atoms with Gasteiger partial charge in [0.25, 0.3) is 5.91 Å². The summed E-state index contributed by atoms with van der Waals surface area (Å²) in [6.45, 7) is 6.63. The minimum Gasteiger partial charge on any atom is -0.485 e. The molecule has 1 atom stereocenters. The van der Waals surface area contributed by atoms with Gasteiger partial charge in [-0.05, 0) is 23.1 Å². The van der Waals surface area contributed by atoms with E-state index in [1.165, 1.54) is 5.56 Å². The lowest BCUT2D eigenvalue weighted by atomic mass is 9.87. The number of ether oxygens (including phenoxy) is 2. The lowest BCUT2D eigenvalue weighted by Gasteiger charge is -2.25. The maximum Gasteiger partial charge on any atom is 0.271 e. The molecule has 0 bridgehead atoms. The van der Waals surface area contributed by atoms with Crippen LogP contribution in [0.3, 0.4) is 0 Å². The summed E-state index contributed by atoms with van der Waals surface area (Å²) in [5, 5.41) is 9.61. The van der Waals surface area contributed by atoms with E-state index in [2.05, 4.69) is 53.4 Å². The van der Waals surface area contributed by atoms with Crippen molar-refractivity contribution in [1.82, 2.24) is 15.2 Å². The number of benzene rings is 2. The lowest BCUT2D eigenvalue weighted by Crippen LogP contribution is -2.40. The standard InChI is InChI=1S/C21H22N4O3/c1-21(2,3)14-10-8-13(9-11-14)18-22-20(25-24-18)23-19(26)17-12-27-15-6-4-5-7-16(15)28-17/h4-11,17H,12H2,1-3H3,(H2,22,23,24,25,26). The van der Waals surface area contributed by atoms with Crippen molar-refractivity contribution in [3.8, 4) is 22.9 Å². The van der Waals surface area contributed by atoms with Crippen LogP contribution in [0.2, 0.25) is 0 Å². The highest BCUT2D eigenvalue weighted by molar-refractivity contribution is 5.93. The third kappa shape index (κ3) is 3.69. The first kappa shape index (κ1) is 18.0. The Morgan fingerprint density at radius 3 is 2.54 bits per heavy atom. The zero-order valence-corrected chi connectivity index (χ0v) is 16.0. The van der Waals surface area contributed by atoms with Crippen molar-refractivity contribution in [3.05, 3.63) is 54.1 Å². The van der Waals surface area contributed by atoms with Crippen molar-refractivity contribution in [1.29, 1.82) is 0 Å². The highest BCUT2D eigenvalue weighted by Crippen LogP contribution is 2.31. The second-order valence-corrected chi connectivity index (χ2v) is 7.69. The van der Waals surface area contributed by atoms with Crippen molar-refractivity contribution in [2.24, 2.45) is 0 Å². The number of para-hydroxylation sites is 2. The Labute approximate surface area is 163 Å². The summed E-state index contributed by atoms with van der Waals surface area (Å²) in [4.78, 5) is 16.8. The molecule has 0 radical (unpaired) electrons. The molecule has 28 heavy (non-hydrogen) atoms. The van der Waals surface area contributed by atoms with Gasteiger partial charge in [-0.15, -0.1) is 5.10 Å². The maximum absolute atomic E-state index is 12.5. The molecule has 0 aliphatic carbocycles. The highest BCUT2D eigenvalue weighted by Gasteiger charge is 2.28. The molecule has 3 aromatic rings. The van der Waals surface area contributed by atoms with Crippen LogP contribution < -0.4 is 14.8 Å². The van der Waals surface area contributed by atoms with E-state index in [0.29, 0.717) is 17.3 Å². The van der Waals surface area contributed by atoms with Crippen molar-refractivity contribution < 1.29 is 14.3 Å². The first-order valence-corrected chi connectivity index (χ1v) is 9.13. The van der Waals surface area contributed by atoms with Gasteiger partial charge >= 0.3 is 0 Å². The summed E-state index contributed by atoms with van der Waals surface area (Å²) in [6.07, 6.45) is -0.761. The fourth-order valence-electron chi connectivity index (χ4n) is 2.91. The number of hydrogen-bond donors (Lipinski definition) is 2. The number of amides is 1. The fourth-order valence-corrected chi connectivity index (χ4v) is 2.91. The van der Waals surface area contributed by atoms with Crippen LogP contribution in [0.1, 0.15) is 26.3 Å². The van der Waals surface area contributed by atoms with Crippen molar-refractivity contribution >= 4 is 11.9 Å². The van der Waals surface area contributed by atoms with Gasteiger partial charge in [0.1, 0.15) is 6.61 Å².